The number of hydrogen-bond acceptors (Lipinski definition) is 3. The summed E-state index contributed by atoms with van der Waals surface area (Å²) in [6, 6.07) is 1.06. The van der Waals surface area contributed by atoms with Gasteiger partial charge in [0.1, 0.15) is 0 Å². The molecule has 0 aliphatic carbocycles. The van der Waals surface area contributed by atoms with Crippen molar-refractivity contribution in [1.29, 1.82) is 0 Å². The highest BCUT2D eigenvalue weighted by molar-refractivity contribution is 4.78. The average molecular weight is 172 g/mol. The third-order valence-electron chi connectivity index (χ3n) is 2.47. The van der Waals surface area contributed by atoms with E-state index in [1.807, 2.05) is 0 Å². The molecule has 12 heavy (non-hydrogen) atoms. The Bertz CT molecular complexity index is 118. The lowest BCUT2D eigenvalue weighted by Gasteiger charge is -2.20. The molecule has 3 nitrogen and oxygen atoms in total. The molecule has 0 saturated carbocycles. The first-order valence-electron chi connectivity index (χ1n) is 4.78. The van der Waals surface area contributed by atoms with Crippen molar-refractivity contribution in [2.24, 2.45) is 0 Å². The van der Waals surface area contributed by atoms with Crippen molar-refractivity contribution in [2.75, 3.05) is 26.7 Å². The molecule has 1 rings (SSSR count). The second-order valence-electron chi connectivity index (χ2n) is 3.83. The van der Waals surface area contributed by atoms with Crippen molar-refractivity contribution in [1.82, 2.24) is 10.2 Å². The van der Waals surface area contributed by atoms with Gasteiger partial charge in [0.05, 0.1) is 0 Å². The summed E-state index contributed by atoms with van der Waals surface area (Å²) >= 11 is 0. The van der Waals surface area contributed by atoms with E-state index in [1.54, 1.807) is 0 Å². The SMILES string of the molecule is CC1CCN(C)CC(CCO)N1. The Morgan fingerprint density at radius 3 is 3.00 bits per heavy atom. The minimum Gasteiger partial charge on any atom is -0.396 e. The summed E-state index contributed by atoms with van der Waals surface area (Å²) in [6.07, 6.45) is 2.08. The topological polar surface area (TPSA) is 35.5 Å². The third kappa shape index (κ3) is 3.09. The summed E-state index contributed by atoms with van der Waals surface area (Å²) in [7, 11) is 2.14. The van der Waals surface area contributed by atoms with E-state index in [0.29, 0.717) is 12.1 Å². The van der Waals surface area contributed by atoms with Crippen LogP contribution in [0.15, 0.2) is 0 Å². The van der Waals surface area contributed by atoms with E-state index in [9.17, 15) is 0 Å². The van der Waals surface area contributed by atoms with Crippen LogP contribution >= 0.6 is 0 Å². The first-order valence-corrected chi connectivity index (χ1v) is 4.78. The standard InChI is InChI=1S/C9H20N2O/c1-8-3-5-11(2)7-9(10-8)4-6-12/h8-10,12H,3-7H2,1-2H3. The Morgan fingerprint density at radius 1 is 1.58 bits per heavy atom. The van der Waals surface area contributed by atoms with Crippen LogP contribution in [0.25, 0.3) is 0 Å². The van der Waals surface area contributed by atoms with Crippen LogP contribution in [-0.2, 0) is 0 Å². The van der Waals surface area contributed by atoms with Gasteiger partial charge in [0.15, 0.2) is 0 Å². The van der Waals surface area contributed by atoms with Gasteiger partial charge in [-0.15, -0.1) is 0 Å². The van der Waals surface area contributed by atoms with Gasteiger partial charge in [-0.3, -0.25) is 0 Å². The lowest BCUT2D eigenvalue weighted by molar-refractivity contribution is 0.243. The van der Waals surface area contributed by atoms with Crippen LogP contribution in [0.3, 0.4) is 0 Å². The Morgan fingerprint density at radius 2 is 2.33 bits per heavy atom. The number of likely N-dealkylation sites (N-methyl/N-ethyl adjacent to an activating group) is 1. The van der Waals surface area contributed by atoms with Crippen LogP contribution in [0, 0.1) is 0 Å². The minimum atomic E-state index is 0.290. The van der Waals surface area contributed by atoms with Gasteiger partial charge in [-0.25, -0.2) is 0 Å². The number of nitrogens with one attached hydrogen (secondary N) is 1. The molecule has 2 unspecified atom stereocenters. The van der Waals surface area contributed by atoms with Gasteiger partial charge in [-0.2, -0.15) is 0 Å². The Labute approximate surface area is 74.8 Å². The van der Waals surface area contributed by atoms with E-state index >= 15 is 0 Å². The second-order valence-corrected chi connectivity index (χ2v) is 3.83. The molecule has 3 heteroatoms. The summed E-state index contributed by atoms with van der Waals surface area (Å²) in [4.78, 5) is 2.33. The molecule has 0 spiro atoms. The van der Waals surface area contributed by atoms with Crippen molar-refractivity contribution in [2.45, 2.75) is 31.8 Å². The Kier molecular flexibility index (Phi) is 3.98. The highest BCUT2D eigenvalue weighted by atomic mass is 16.3. The maximum absolute atomic E-state index is 8.82. The Hall–Kier alpha value is -0.120. The van der Waals surface area contributed by atoms with Crippen LogP contribution in [0.4, 0.5) is 0 Å². The molecule has 0 aromatic carbocycles. The molecule has 1 fully saturated rings. The van der Waals surface area contributed by atoms with E-state index < -0.39 is 0 Å². The average Bonchev–Trinajstić information content (AvgIpc) is 2.14. The number of aliphatic hydroxyl groups is 1. The van der Waals surface area contributed by atoms with Gasteiger partial charge >= 0.3 is 0 Å². The first-order chi connectivity index (χ1) is 5.72. The molecule has 1 saturated heterocycles. The summed E-state index contributed by atoms with van der Waals surface area (Å²) in [6.45, 7) is 4.72. The first kappa shape index (κ1) is 9.96. The van der Waals surface area contributed by atoms with Crippen molar-refractivity contribution in [3.8, 4) is 0 Å². The molecule has 0 aromatic heterocycles. The van der Waals surface area contributed by atoms with Crippen LogP contribution in [0.1, 0.15) is 19.8 Å². The molecule has 1 aliphatic rings. The van der Waals surface area contributed by atoms with Gasteiger partial charge < -0.3 is 15.3 Å². The minimum absolute atomic E-state index is 0.290. The quantitative estimate of drug-likeness (QED) is 0.618. The number of nitrogens with zero attached hydrogens (tertiary/aromatic N) is 1. The van der Waals surface area contributed by atoms with E-state index in [4.69, 9.17) is 5.11 Å². The Balaban J connectivity index is 2.38. The normalized spacial score (nSPS) is 33.2. The monoisotopic (exact) mass is 172 g/mol. The molecular weight excluding hydrogens is 152 g/mol. The molecule has 2 atom stereocenters. The molecule has 72 valence electrons. The van der Waals surface area contributed by atoms with Crippen molar-refractivity contribution in [3.05, 3.63) is 0 Å². The van der Waals surface area contributed by atoms with Gasteiger partial charge in [0.2, 0.25) is 0 Å². The zero-order chi connectivity index (χ0) is 8.97. The number of hydrogen-bond donors (Lipinski definition) is 2. The second kappa shape index (κ2) is 4.80. The molecule has 1 aliphatic heterocycles. The number of rotatable bonds is 2. The third-order valence-corrected chi connectivity index (χ3v) is 2.47. The van der Waals surface area contributed by atoms with E-state index in [1.165, 1.54) is 6.42 Å². The zero-order valence-corrected chi connectivity index (χ0v) is 8.08. The maximum Gasteiger partial charge on any atom is 0.0446 e. The summed E-state index contributed by atoms with van der Waals surface area (Å²) < 4.78 is 0. The fourth-order valence-corrected chi connectivity index (χ4v) is 1.75. The largest absolute Gasteiger partial charge is 0.396 e. The molecule has 0 radical (unpaired) electrons. The maximum atomic E-state index is 8.82. The fourth-order valence-electron chi connectivity index (χ4n) is 1.75. The van der Waals surface area contributed by atoms with E-state index in [0.717, 1.165) is 19.5 Å². The van der Waals surface area contributed by atoms with Gasteiger partial charge in [0, 0.05) is 25.2 Å². The van der Waals surface area contributed by atoms with E-state index in [-0.39, 0.29) is 6.61 Å². The highest BCUT2D eigenvalue weighted by Crippen LogP contribution is 2.05. The predicted molar refractivity (Wildman–Crippen MR) is 50.2 cm³/mol. The molecule has 0 aromatic rings. The summed E-state index contributed by atoms with van der Waals surface area (Å²) in [5.41, 5.74) is 0. The van der Waals surface area contributed by atoms with E-state index in [2.05, 4.69) is 24.2 Å². The van der Waals surface area contributed by atoms with Crippen molar-refractivity contribution < 1.29 is 5.11 Å². The molecular formula is C9H20N2O. The number of aliphatic hydroxyl groups excluding tert-OH is 1. The molecule has 1 heterocycles. The molecule has 0 amide bonds. The van der Waals surface area contributed by atoms with Gasteiger partial charge in [-0.1, -0.05) is 0 Å². The summed E-state index contributed by atoms with van der Waals surface area (Å²) in [5.74, 6) is 0. The lowest BCUT2D eigenvalue weighted by Crippen LogP contribution is -2.39. The lowest BCUT2D eigenvalue weighted by atomic mass is 10.2. The van der Waals surface area contributed by atoms with Crippen molar-refractivity contribution >= 4 is 0 Å². The molecule has 2 N–H and O–H groups in total. The zero-order valence-electron chi connectivity index (χ0n) is 8.08. The van der Waals surface area contributed by atoms with Crippen LogP contribution in [-0.4, -0.2) is 48.8 Å². The van der Waals surface area contributed by atoms with Crippen LogP contribution in [0.2, 0.25) is 0 Å². The summed E-state index contributed by atoms with van der Waals surface area (Å²) in [5, 5.41) is 12.3. The van der Waals surface area contributed by atoms with Gasteiger partial charge in [0.25, 0.3) is 0 Å². The molecule has 0 bridgehead atoms. The van der Waals surface area contributed by atoms with Gasteiger partial charge in [-0.05, 0) is 33.4 Å². The van der Waals surface area contributed by atoms with Crippen LogP contribution in [0.5, 0.6) is 0 Å². The predicted octanol–water partition coefficient (Wildman–Crippen LogP) is 0.0510. The smallest absolute Gasteiger partial charge is 0.0446 e. The van der Waals surface area contributed by atoms with Crippen LogP contribution < -0.4 is 5.32 Å². The van der Waals surface area contributed by atoms with Crippen molar-refractivity contribution in [3.63, 3.8) is 0 Å². The highest BCUT2D eigenvalue weighted by Gasteiger charge is 2.17. The fraction of sp³-hybridized carbons (Fsp3) is 1.00.